The van der Waals surface area contributed by atoms with Gasteiger partial charge in [0, 0.05) is 23.7 Å². The summed E-state index contributed by atoms with van der Waals surface area (Å²) in [5.41, 5.74) is 0.883. The molecule has 4 nitrogen and oxygen atoms in total. The molecular weight excluding hydrogens is 248 g/mol. The first-order valence-corrected chi connectivity index (χ1v) is 6.11. The summed E-state index contributed by atoms with van der Waals surface area (Å²) in [7, 11) is 0. The number of aromatic nitrogens is 3. The molecule has 2 aromatic rings. The molecule has 0 bridgehead atoms. The van der Waals surface area contributed by atoms with Crippen molar-refractivity contribution in [2.24, 2.45) is 0 Å². The lowest BCUT2D eigenvalue weighted by Gasteiger charge is -2.13. The molecule has 1 aromatic heterocycles. The monoisotopic (exact) mass is 258 g/mol. The first-order valence-electron chi connectivity index (χ1n) is 5.73. The van der Waals surface area contributed by atoms with Crippen molar-refractivity contribution in [3.05, 3.63) is 46.5 Å². The van der Waals surface area contributed by atoms with Crippen molar-refractivity contribution >= 4 is 11.6 Å². The topological polar surface area (TPSA) is 42.7 Å². The lowest BCUT2D eigenvalue weighted by atomic mass is 10.2. The summed E-state index contributed by atoms with van der Waals surface area (Å²) in [4.78, 5) is 0. The minimum Gasteiger partial charge on any atom is -0.308 e. The van der Waals surface area contributed by atoms with Crippen LogP contribution >= 0.6 is 11.6 Å². The van der Waals surface area contributed by atoms with Gasteiger partial charge in [-0.3, -0.25) is 0 Å². The van der Waals surface area contributed by atoms with Gasteiger partial charge in [-0.15, -0.1) is 10.2 Å². The van der Waals surface area contributed by atoms with Gasteiger partial charge in [0.15, 0.2) is 0 Å². The molecule has 0 radical (unpaired) electrons. The second-order valence-corrected chi connectivity index (χ2v) is 4.47. The fourth-order valence-electron chi connectivity index (χ4n) is 1.88. The molecule has 1 aliphatic heterocycles. The first-order chi connectivity index (χ1) is 8.83. The Kier molecular flexibility index (Phi) is 3.01. The van der Waals surface area contributed by atoms with Crippen LogP contribution < -0.4 is 5.32 Å². The van der Waals surface area contributed by atoms with E-state index in [4.69, 9.17) is 11.6 Å². The maximum absolute atomic E-state index is 5.91. The van der Waals surface area contributed by atoms with Crippen LogP contribution in [0.5, 0.6) is 0 Å². The standard InChI is InChI=1S/C13H11ClN4/c14-11-3-1-2-10(8-11)4-5-12-16-17-13-9-15-6-7-18(12)13/h1-3,8,15H,6-7,9H2. The summed E-state index contributed by atoms with van der Waals surface area (Å²) < 4.78 is 2.05. The molecule has 5 heteroatoms. The predicted octanol–water partition coefficient (Wildman–Crippen LogP) is 1.43. The molecule has 0 fully saturated rings. The fraction of sp³-hybridized carbons (Fsp3) is 0.231. The Morgan fingerprint density at radius 3 is 3.11 bits per heavy atom. The third kappa shape index (κ3) is 2.23. The van der Waals surface area contributed by atoms with E-state index in [-0.39, 0.29) is 0 Å². The SMILES string of the molecule is Clc1cccc(C#Cc2nnc3n2CCNC3)c1. The number of hydrogen-bond acceptors (Lipinski definition) is 3. The van der Waals surface area contributed by atoms with E-state index in [1.807, 2.05) is 28.8 Å². The summed E-state index contributed by atoms with van der Waals surface area (Å²) in [5.74, 6) is 7.76. The maximum atomic E-state index is 5.91. The molecule has 0 spiro atoms. The van der Waals surface area contributed by atoms with E-state index in [1.54, 1.807) is 0 Å². The molecule has 1 N–H and O–H groups in total. The Hall–Kier alpha value is -1.83. The number of halogens is 1. The molecule has 0 unspecified atom stereocenters. The van der Waals surface area contributed by atoms with Gasteiger partial charge < -0.3 is 9.88 Å². The fourth-order valence-corrected chi connectivity index (χ4v) is 2.07. The van der Waals surface area contributed by atoms with E-state index < -0.39 is 0 Å². The minimum atomic E-state index is 0.689. The summed E-state index contributed by atoms with van der Waals surface area (Å²) in [5, 5.41) is 12.1. The lowest BCUT2D eigenvalue weighted by molar-refractivity contribution is 0.503. The molecule has 1 aromatic carbocycles. The van der Waals surface area contributed by atoms with Crippen molar-refractivity contribution in [3.8, 4) is 11.8 Å². The highest BCUT2D eigenvalue weighted by atomic mass is 35.5. The summed E-state index contributed by atoms with van der Waals surface area (Å²) in [6.45, 7) is 2.55. The zero-order chi connectivity index (χ0) is 12.4. The minimum absolute atomic E-state index is 0.689. The highest BCUT2D eigenvalue weighted by Gasteiger charge is 2.13. The van der Waals surface area contributed by atoms with Crippen LogP contribution in [0.15, 0.2) is 24.3 Å². The van der Waals surface area contributed by atoms with Crippen LogP contribution in [-0.4, -0.2) is 21.3 Å². The van der Waals surface area contributed by atoms with Crippen molar-refractivity contribution in [2.75, 3.05) is 6.54 Å². The maximum Gasteiger partial charge on any atom is 0.208 e. The highest BCUT2D eigenvalue weighted by molar-refractivity contribution is 6.30. The van der Waals surface area contributed by atoms with Gasteiger partial charge in [0.25, 0.3) is 0 Å². The van der Waals surface area contributed by atoms with Gasteiger partial charge >= 0.3 is 0 Å². The normalized spacial score (nSPS) is 13.6. The largest absolute Gasteiger partial charge is 0.308 e. The Labute approximate surface area is 110 Å². The third-order valence-electron chi connectivity index (χ3n) is 2.77. The smallest absolute Gasteiger partial charge is 0.208 e. The van der Waals surface area contributed by atoms with Crippen LogP contribution in [0.3, 0.4) is 0 Å². The predicted molar refractivity (Wildman–Crippen MR) is 69.2 cm³/mol. The molecule has 18 heavy (non-hydrogen) atoms. The number of hydrogen-bond donors (Lipinski definition) is 1. The van der Waals surface area contributed by atoms with Crippen molar-refractivity contribution in [1.82, 2.24) is 20.1 Å². The number of rotatable bonds is 0. The molecule has 0 saturated carbocycles. The van der Waals surface area contributed by atoms with Crippen molar-refractivity contribution < 1.29 is 0 Å². The Morgan fingerprint density at radius 1 is 1.28 bits per heavy atom. The Bertz CT molecular complexity index is 636. The van der Waals surface area contributed by atoms with Gasteiger partial charge in [-0.25, -0.2) is 0 Å². The van der Waals surface area contributed by atoms with Gasteiger partial charge in [-0.05, 0) is 24.1 Å². The van der Waals surface area contributed by atoms with Crippen molar-refractivity contribution in [1.29, 1.82) is 0 Å². The van der Waals surface area contributed by atoms with E-state index in [2.05, 4.69) is 27.4 Å². The molecule has 0 atom stereocenters. The number of nitrogens with one attached hydrogen (secondary N) is 1. The van der Waals surface area contributed by atoms with Crippen LogP contribution in [0.4, 0.5) is 0 Å². The molecule has 90 valence electrons. The van der Waals surface area contributed by atoms with E-state index in [0.717, 1.165) is 31.0 Å². The lowest BCUT2D eigenvalue weighted by Crippen LogP contribution is -2.28. The summed E-state index contributed by atoms with van der Waals surface area (Å²) in [6, 6.07) is 7.48. The van der Waals surface area contributed by atoms with E-state index >= 15 is 0 Å². The average molecular weight is 259 g/mol. The van der Waals surface area contributed by atoms with Crippen molar-refractivity contribution in [2.45, 2.75) is 13.1 Å². The molecule has 2 heterocycles. The molecule has 1 aliphatic rings. The number of benzene rings is 1. The third-order valence-corrected chi connectivity index (χ3v) is 3.00. The van der Waals surface area contributed by atoms with Crippen LogP contribution in [0, 0.1) is 11.8 Å². The summed E-state index contributed by atoms with van der Waals surface area (Å²) in [6.07, 6.45) is 0. The number of nitrogens with zero attached hydrogens (tertiary/aromatic N) is 3. The average Bonchev–Trinajstić information content (AvgIpc) is 2.80. The second-order valence-electron chi connectivity index (χ2n) is 4.03. The van der Waals surface area contributed by atoms with E-state index in [0.29, 0.717) is 10.8 Å². The van der Waals surface area contributed by atoms with Crippen LogP contribution in [0.2, 0.25) is 5.02 Å². The Balaban J connectivity index is 1.91. The highest BCUT2D eigenvalue weighted by Crippen LogP contribution is 2.10. The molecule has 0 aliphatic carbocycles. The first kappa shape index (κ1) is 11.3. The van der Waals surface area contributed by atoms with Gasteiger partial charge in [0.05, 0.1) is 6.54 Å². The molecule has 0 saturated heterocycles. The van der Waals surface area contributed by atoms with Crippen LogP contribution in [0.1, 0.15) is 17.2 Å². The van der Waals surface area contributed by atoms with Gasteiger partial charge in [0.2, 0.25) is 5.82 Å². The molecule has 3 rings (SSSR count). The van der Waals surface area contributed by atoms with E-state index in [9.17, 15) is 0 Å². The van der Waals surface area contributed by atoms with Gasteiger partial charge in [-0.2, -0.15) is 0 Å². The van der Waals surface area contributed by atoms with Gasteiger partial charge in [-0.1, -0.05) is 23.6 Å². The van der Waals surface area contributed by atoms with Crippen LogP contribution in [0.25, 0.3) is 0 Å². The quantitative estimate of drug-likeness (QED) is 0.727. The zero-order valence-electron chi connectivity index (χ0n) is 9.65. The molecular formula is C13H11ClN4. The van der Waals surface area contributed by atoms with Crippen LogP contribution in [-0.2, 0) is 13.1 Å². The zero-order valence-corrected chi connectivity index (χ0v) is 10.4. The Morgan fingerprint density at radius 2 is 2.22 bits per heavy atom. The molecule has 0 amide bonds. The van der Waals surface area contributed by atoms with E-state index in [1.165, 1.54) is 0 Å². The van der Waals surface area contributed by atoms with Gasteiger partial charge in [0.1, 0.15) is 5.82 Å². The number of fused-ring (bicyclic) bond motifs is 1. The summed E-state index contributed by atoms with van der Waals surface area (Å²) >= 11 is 5.91. The van der Waals surface area contributed by atoms with Crippen molar-refractivity contribution in [3.63, 3.8) is 0 Å². The second kappa shape index (κ2) is 4.81.